The average molecular weight is 249 g/mol. The van der Waals surface area contributed by atoms with Crippen LogP contribution in [0.5, 0.6) is 5.75 Å². The molecule has 17 heavy (non-hydrogen) atoms. The van der Waals surface area contributed by atoms with Crippen molar-refractivity contribution in [2.24, 2.45) is 0 Å². The van der Waals surface area contributed by atoms with Crippen LogP contribution >= 0.6 is 11.8 Å². The highest BCUT2D eigenvalue weighted by Gasteiger charge is 2.11. The topological polar surface area (TPSA) is 25.2 Å². The molecule has 92 valence electrons. The number of fused-ring (bicyclic) bond motifs is 1. The van der Waals surface area contributed by atoms with E-state index in [1.54, 1.807) is 6.07 Å². The van der Waals surface area contributed by atoms with Crippen LogP contribution in [0.25, 0.3) is 10.9 Å². The van der Waals surface area contributed by atoms with E-state index in [9.17, 15) is 5.11 Å². The van der Waals surface area contributed by atoms with Gasteiger partial charge in [-0.15, -0.1) is 0 Å². The van der Waals surface area contributed by atoms with Gasteiger partial charge in [0.1, 0.15) is 5.75 Å². The molecule has 0 fully saturated rings. The van der Waals surface area contributed by atoms with Crippen molar-refractivity contribution in [2.45, 2.75) is 32.6 Å². The number of rotatable bonds is 4. The molecule has 0 amide bonds. The monoisotopic (exact) mass is 249 g/mol. The van der Waals surface area contributed by atoms with E-state index in [2.05, 4.69) is 31.4 Å². The zero-order valence-electron chi connectivity index (χ0n) is 10.6. The first-order chi connectivity index (χ1) is 8.13. The molecule has 0 aliphatic heterocycles. The first-order valence-electron chi connectivity index (χ1n) is 6.04. The maximum absolute atomic E-state index is 9.60. The van der Waals surface area contributed by atoms with E-state index in [1.165, 1.54) is 11.1 Å². The van der Waals surface area contributed by atoms with E-state index >= 15 is 0 Å². The smallest absolute Gasteiger partial charge is 0.117 e. The summed E-state index contributed by atoms with van der Waals surface area (Å²) in [5, 5.41) is 10.8. The van der Waals surface area contributed by atoms with Gasteiger partial charge in [-0.05, 0) is 37.8 Å². The number of aromatic nitrogens is 1. The van der Waals surface area contributed by atoms with Crippen LogP contribution in [-0.2, 0) is 5.75 Å². The third-order valence-electron chi connectivity index (χ3n) is 2.88. The Balaban J connectivity index is 2.54. The van der Waals surface area contributed by atoms with Crippen LogP contribution in [0.4, 0.5) is 0 Å². The molecule has 1 heterocycles. The summed E-state index contributed by atoms with van der Waals surface area (Å²) >= 11 is 1.93. The van der Waals surface area contributed by atoms with Crippen LogP contribution in [0, 0.1) is 0 Å². The average Bonchev–Trinajstić information content (AvgIpc) is 2.63. The van der Waals surface area contributed by atoms with E-state index in [0.29, 0.717) is 11.8 Å². The molecule has 0 spiro atoms. The Bertz CT molecular complexity index is 516. The lowest BCUT2D eigenvalue weighted by atomic mass is 10.2. The van der Waals surface area contributed by atoms with Gasteiger partial charge >= 0.3 is 0 Å². The van der Waals surface area contributed by atoms with Crippen molar-refractivity contribution in [2.75, 3.05) is 5.75 Å². The van der Waals surface area contributed by atoms with Crippen molar-refractivity contribution in [3.8, 4) is 5.75 Å². The standard InChI is InChI=1S/C14H19NOS/c1-4-17-9-12-7-11-5-6-13(16)8-14(11)15(12)10(2)3/h5-8,10,16H,4,9H2,1-3H3. The molecule has 0 bridgehead atoms. The molecule has 0 unspecified atom stereocenters. The predicted molar refractivity (Wildman–Crippen MR) is 75.8 cm³/mol. The number of phenolic OH excluding ortho intramolecular Hbond substituents is 1. The van der Waals surface area contributed by atoms with Gasteiger partial charge in [-0.1, -0.05) is 6.92 Å². The third kappa shape index (κ3) is 2.44. The molecule has 1 N–H and O–H groups in total. The number of aromatic hydroxyl groups is 1. The van der Waals surface area contributed by atoms with Gasteiger partial charge in [0.2, 0.25) is 0 Å². The Morgan fingerprint density at radius 2 is 2.06 bits per heavy atom. The zero-order valence-corrected chi connectivity index (χ0v) is 11.4. The summed E-state index contributed by atoms with van der Waals surface area (Å²) in [6.07, 6.45) is 0. The number of nitrogens with zero attached hydrogens (tertiary/aromatic N) is 1. The zero-order chi connectivity index (χ0) is 12.4. The van der Waals surface area contributed by atoms with Gasteiger partial charge in [-0.25, -0.2) is 0 Å². The molecule has 0 radical (unpaired) electrons. The van der Waals surface area contributed by atoms with Crippen LogP contribution in [-0.4, -0.2) is 15.4 Å². The highest BCUT2D eigenvalue weighted by Crippen LogP contribution is 2.29. The second-order valence-corrected chi connectivity index (χ2v) is 5.75. The summed E-state index contributed by atoms with van der Waals surface area (Å²) in [7, 11) is 0. The largest absolute Gasteiger partial charge is 0.508 e. The highest BCUT2D eigenvalue weighted by molar-refractivity contribution is 7.98. The molecule has 1 aromatic carbocycles. The predicted octanol–water partition coefficient (Wildman–Crippen LogP) is 4.18. The van der Waals surface area contributed by atoms with Gasteiger partial charge in [0.25, 0.3) is 0 Å². The third-order valence-corrected chi connectivity index (χ3v) is 3.78. The van der Waals surface area contributed by atoms with Crippen molar-refractivity contribution in [3.05, 3.63) is 30.0 Å². The van der Waals surface area contributed by atoms with Crippen molar-refractivity contribution in [1.29, 1.82) is 0 Å². The Hall–Kier alpha value is -1.09. The summed E-state index contributed by atoms with van der Waals surface area (Å²) in [5.74, 6) is 2.50. The molecular weight excluding hydrogens is 230 g/mol. The van der Waals surface area contributed by atoms with Crippen LogP contribution in [0.3, 0.4) is 0 Å². The van der Waals surface area contributed by atoms with E-state index < -0.39 is 0 Å². The summed E-state index contributed by atoms with van der Waals surface area (Å²) in [5.41, 5.74) is 2.47. The quantitative estimate of drug-likeness (QED) is 0.879. The molecule has 0 aliphatic carbocycles. The molecule has 2 rings (SSSR count). The molecule has 0 aliphatic rings. The highest BCUT2D eigenvalue weighted by atomic mass is 32.2. The minimum Gasteiger partial charge on any atom is -0.508 e. The van der Waals surface area contributed by atoms with Crippen LogP contribution < -0.4 is 0 Å². The van der Waals surface area contributed by atoms with Crippen molar-refractivity contribution in [1.82, 2.24) is 4.57 Å². The maximum Gasteiger partial charge on any atom is 0.117 e. The van der Waals surface area contributed by atoms with Gasteiger partial charge in [0.15, 0.2) is 0 Å². The number of hydrogen-bond donors (Lipinski definition) is 1. The van der Waals surface area contributed by atoms with E-state index in [0.717, 1.165) is 17.0 Å². The molecular formula is C14H19NOS. The number of phenols is 1. The summed E-state index contributed by atoms with van der Waals surface area (Å²) in [4.78, 5) is 0. The Morgan fingerprint density at radius 1 is 1.29 bits per heavy atom. The van der Waals surface area contributed by atoms with E-state index in [1.807, 2.05) is 23.9 Å². The minimum atomic E-state index is 0.340. The second-order valence-electron chi connectivity index (χ2n) is 4.48. The minimum absolute atomic E-state index is 0.340. The molecule has 0 saturated carbocycles. The SMILES string of the molecule is CCSCc1cc2ccc(O)cc2n1C(C)C. The Morgan fingerprint density at radius 3 is 2.71 bits per heavy atom. The van der Waals surface area contributed by atoms with Crippen LogP contribution in [0.15, 0.2) is 24.3 Å². The fraction of sp³-hybridized carbons (Fsp3) is 0.429. The van der Waals surface area contributed by atoms with Crippen molar-refractivity contribution >= 4 is 22.7 Å². The molecule has 0 saturated heterocycles. The van der Waals surface area contributed by atoms with Gasteiger partial charge < -0.3 is 9.67 Å². The molecule has 2 nitrogen and oxygen atoms in total. The maximum atomic E-state index is 9.60. The summed E-state index contributed by atoms with van der Waals surface area (Å²) < 4.78 is 2.32. The molecule has 2 aromatic rings. The lowest BCUT2D eigenvalue weighted by Crippen LogP contribution is -2.04. The van der Waals surface area contributed by atoms with Crippen LogP contribution in [0.1, 0.15) is 32.5 Å². The first-order valence-corrected chi connectivity index (χ1v) is 7.19. The van der Waals surface area contributed by atoms with Gasteiger partial charge in [0.05, 0.1) is 5.52 Å². The first kappa shape index (κ1) is 12.4. The summed E-state index contributed by atoms with van der Waals surface area (Å²) in [6.45, 7) is 6.55. The van der Waals surface area contributed by atoms with Crippen molar-refractivity contribution < 1.29 is 5.11 Å². The Labute approximate surface area is 107 Å². The van der Waals surface area contributed by atoms with E-state index in [4.69, 9.17) is 0 Å². The lowest BCUT2D eigenvalue weighted by molar-refractivity contribution is 0.475. The van der Waals surface area contributed by atoms with Gasteiger partial charge in [0, 0.05) is 28.9 Å². The lowest BCUT2D eigenvalue weighted by Gasteiger charge is -2.14. The van der Waals surface area contributed by atoms with E-state index in [-0.39, 0.29) is 0 Å². The van der Waals surface area contributed by atoms with Crippen LogP contribution in [0.2, 0.25) is 0 Å². The van der Waals surface area contributed by atoms with Gasteiger partial charge in [-0.2, -0.15) is 11.8 Å². The molecule has 1 aromatic heterocycles. The second kappa shape index (κ2) is 5.05. The fourth-order valence-corrected chi connectivity index (χ4v) is 2.83. The summed E-state index contributed by atoms with van der Waals surface area (Å²) in [6, 6.07) is 8.25. The normalized spacial score (nSPS) is 11.5. The Kier molecular flexibility index (Phi) is 3.67. The number of thioether (sulfide) groups is 1. The molecule has 0 atom stereocenters. The van der Waals surface area contributed by atoms with Gasteiger partial charge in [-0.3, -0.25) is 0 Å². The van der Waals surface area contributed by atoms with Crippen molar-refractivity contribution in [3.63, 3.8) is 0 Å². The fourth-order valence-electron chi connectivity index (χ4n) is 2.19. The number of hydrogen-bond acceptors (Lipinski definition) is 2. The number of benzene rings is 1. The molecule has 3 heteroatoms.